The highest BCUT2D eigenvalue weighted by Gasteiger charge is 2.19. The van der Waals surface area contributed by atoms with Gasteiger partial charge in [-0.05, 0) is 31.5 Å². The van der Waals surface area contributed by atoms with Crippen molar-refractivity contribution in [3.05, 3.63) is 28.2 Å². The second-order valence-electron chi connectivity index (χ2n) is 5.06. The molecule has 0 bridgehead atoms. The minimum atomic E-state index is -0.798. The van der Waals surface area contributed by atoms with Crippen LogP contribution < -0.4 is 10.1 Å². The molecule has 1 aromatic carbocycles. The second kappa shape index (κ2) is 8.62. The maximum Gasteiger partial charge on any atom is 0.124 e. The van der Waals surface area contributed by atoms with Crippen LogP contribution in [0.1, 0.15) is 25.8 Å². The molecule has 0 aliphatic heterocycles. The van der Waals surface area contributed by atoms with Gasteiger partial charge in [0, 0.05) is 30.2 Å². The topological polar surface area (TPSA) is 50.7 Å². The first kappa shape index (κ1) is 17.4. The normalized spacial score (nSPS) is 14.1. The summed E-state index contributed by atoms with van der Waals surface area (Å²) in [5.74, 6) is 0.798. The van der Waals surface area contributed by atoms with Crippen LogP contribution in [0, 0.1) is 0 Å². The molecule has 2 N–H and O–H groups in total. The number of hydrogen-bond acceptors (Lipinski definition) is 4. The monoisotopic (exact) mass is 345 g/mol. The Balaban J connectivity index is 2.64. The number of benzene rings is 1. The van der Waals surface area contributed by atoms with Crippen LogP contribution in [0.5, 0.6) is 5.75 Å². The van der Waals surface area contributed by atoms with Crippen molar-refractivity contribution < 1.29 is 14.6 Å². The number of halogens is 1. The molecule has 1 atom stereocenters. The summed E-state index contributed by atoms with van der Waals surface area (Å²) < 4.78 is 11.8. The van der Waals surface area contributed by atoms with Crippen LogP contribution in [0.3, 0.4) is 0 Å². The molecule has 20 heavy (non-hydrogen) atoms. The van der Waals surface area contributed by atoms with Gasteiger partial charge >= 0.3 is 0 Å². The Kier molecular flexibility index (Phi) is 7.51. The molecule has 5 heteroatoms. The third-order valence-electron chi connectivity index (χ3n) is 3.12. The molecule has 0 fully saturated rings. The quantitative estimate of drug-likeness (QED) is 0.675. The van der Waals surface area contributed by atoms with Gasteiger partial charge in [-0.15, -0.1) is 0 Å². The van der Waals surface area contributed by atoms with E-state index >= 15 is 0 Å². The molecule has 0 spiro atoms. The second-order valence-corrected chi connectivity index (χ2v) is 5.98. The fourth-order valence-electron chi connectivity index (χ4n) is 1.56. The zero-order valence-electron chi connectivity index (χ0n) is 12.4. The fraction of sp³-hybridized carbons (Fsp3) is 0.600. The van der Waals surface area contributed by atoms with Crippen LogP contribution in [-0.4, -0.2) is 37.6 Å². The first-order chi connectivity index (χ1) is 9.48. The summed E-state index contributed by atoms with van der Waals surface area (Å²) in [6, 6.07) is 5.88. The lowest BCUT2D eigenvalue weighted by atomic mass is 10.1. The third kappa shape index (κ3) is 6.22. The van der Waals surface area contributed by atoms with E-state index in [0.29, 0.717) is 19.6 Å². The SMILES string of the molecule is CCC(C)(O)COc1ccc(Br)cc1CNCCOC. The highest BCUT2D eigenvalue weighted by Crippen LogP contribution is 2.24. The van der Waals surface area contributed by atoms with E-state index in [4.69, 9.17) is 9.47 Å². The number of hydrogen-bond donors (Lipinski definition) is 2. The largest absolute Gasteiger partial charge is 0.490 e. The molecule has 0 saturated carbocycles. The molecule has 0 heterocycles. The van der Waals surface area contributed by atoms with Crippen molar-refractivity contribution in [2.24, 2.45) is 0 Å². The lowest BCUT2D eigenvalue weighted by Crippen LogP contribution is -2.31. The van der Waals surface area contributed by atoms with Crippen LogP contribution in [0.4, 0.5) is 0 Å². The zero-order valence-corrected chi connectivity index (χ0v) is 14.0. The third-order valence-corrected chi connectivity index (χ3v) is 3.61. The first-order valence-electron chi connectivity index (χ1n) is 6.82. The molecule has 1 unspecified atom stereocenters. The molecular formula is C15H24BrNO3. The summed E-state index contributed by atoms with van der Waals surface area (Å²) in [6.07, 6.45) is 0.658. The standard InChI is InChI=1S/C15H24BrNO3/c1-4-15(2,18)11-20-14-6-5-13(16)9-12(14)10-17-7-8-19-3/h5-6,9,17-18H,4,7-8,10-11H2,1-3H3. The smallest absolute Gasteiger partial charge is 0.124 e. The number of methoxy groups -OCH3 is 1. The molecule has 0 aliphatic carbocycles. The summed E-state index contributed by atoms with van der Waals surface area (Å²) >= 11 is 3.47. The lowest BCUT2D eigenvalue weighted by molar-refractivity contribution is 0.00815. The Morgan fingerprint density at radius 3 is 2.80 bits per heavy atom. The highest BCUT2D eigenvalue weighted by atomic mass is 79.9. The molecule has 1 aromatic rings. The van der Waals surface area contributed by atoms with E-state index in [9.17, 15) is 5.11 Å². The number of nitrogens with one attached hydrogen (secondary N) is 1. The summed E-state index contributed by atoms with van der Waals surface area (Å²) in [6.45, 7) is 6.17. The van der Waals surface area contributed by atoms with Gasteiger partial charge in [-0.2, -0.15) is 0 Å². The van der Waals surface area contributed by atoms with Crippen LogP contribution in [0.25, 0.3) is 0 Å². The van der Waals surface area contributed by atoms with E-state index in [-0.39, 0.29) is 6.61 Å². The molecule has 0 aliphatic rings. The molecule has 4 nitrogen and oxygen atoms in total. The summed E-state index contributed by atoms with van der Waals surface area (Å²) in [5, 5.41) is 13.3. The van der Waals surface area contributed by atoms with Crippen molar-refractivity contribution in [3.8, 4) is 5.75 Å². The molecule has 114 valence electrons. The number of aliphatic hydroxyl groups is 1. The average molecular weight is 346 g/mol. The van der Waals surface area contributed by atoms with E-state index in [1.165, 1.54) is 0 Å². The van der Waals surface area contributed by atoms with Crippen molar-refractivity contribution in [1.29, 1.82) is 0 Å². The minimum absolute atomic E-state index is 0.288. The van der Waals surface area contributed by atoms with Crippen molar-refractivity contribution in [2.45, 2.75) is 32.4 Å². The van der Waals surface area contributed by atoms with Crippen LogP contribution in [0.15, 0.2) is 22.7 Å². The van der Waals surface area contributed by atoms with Gasteiger partial charge in [-0.1, -0.05) is 22.9 Å². The van der Waals surface area contributed by atoms with Crippen LogP contribution >= 0.6 is 15.9 Å². The van der Waals surface area contributed by atoms with Gasteiger partial charge in [0.05, 0.1) is 12.2 Å². The maximum atomic E-state index is 10.0. The predicted molar refractivity (Wildman–Crippen MR) is 84.1 cm³/mol. The Morgan fingerprint density at radius 1 is 1.40 bits per heavy atom. The van der Waals surface area contributed by atoms with Crippen molar-refractivity contribution >= 4 is 15.9 Å². The van der Waals surface area contributed by atoms with Gasteiger partial charge in [0.2, 0.25) is 0 Å². The van der Waals surface area contributed by atoms with Gasteiger partial charge in [-0.25, -0.2) is 0 Å². The lowest BCUT2D eigenvalue weighted by Gasteiger charge is -2.22. The average Bonchev–Trinajstić information content (AvgIpc) is 2.43. The Labute approximate surface area is 129 Å². The van der Waals surface area contributed by atoms with Gasteiger partial charge in [0.1, 0.15) is 12.4 Å². The first-order valence-corrected chi connectivity index (χ1v) is 7.61. The van der Waals surface area contributed by atoms with E-state index < -0.39 is 5.60 Å². The molecule has 0 amide bonds. The highest BCUT2D eigenvalue weighted by molar-refractivity contribution is 9.10. The fourth-order valence-corrected chi connectivity index (χ4v) is 1.97. The molecule has 0 saturated heterocycles. The predicted octanol–water partition coefficient (Wildman–Crippen LogP) is 2.72. The van der Waals surface area contributed by atoms with Crippen molar-refractivity contribution in [2.75, 3.05) is 26.9 Å². The molecule has 0 aromatic heterocycles. The van der Waals surface area contributed by atoms with E-state index in [0.717, 1.165) is 22.3 Å². The van der Waals surface area contributed by atoms with Crippen LogP contribution in [0.2, 0.25) is 0 Å². The molecule has 1 rings (SSSR count). The van der Waals surface area contributed by atoms with Gasteiger partial charge < -0.3 is 19.9 Å². The van der Waals surface area contributed by atoms with Gasteiger partial charge in [-0.3, -0.25) is 0 Å². The molecular weight excluding hydrogens is 322 g/mol. The van der Waals surface area contributed by atoms with E-state index in [1.54, 1.807) is 14.0 Å². The summed E-state index contributed by atoms with van der Waals surface area (Å²) in [4.78, 5) is 0. The molecule has 0 radical (unpaired) electrons. The number of rotatable bonds is 9. The Bertz CT molecular complexity index is 410. The zero-order chi connectivity index (χ0) is 15.0. The summed E-state index contributed by atoms with van der Waals surface area (Å²) in [5.41, 5.74) is 0.260. The van der Waals surface area contributed by atoms with Crippen molar-refractivity contribution in [3.63, 3.8) is 0 Å². The van der Waals surface area contributed by atoms with E-state index in [1.807, 2.05) is 25.1 Å². The minimum Gasteiger partial charge on any atom is -0.490 e. The maximum absolute atomic E-state index is 10.0. The summed E-state index contributed by atoms with van der Waals surface area (Å²) in [7, 11) is 1.68. The van der Waals surface area contributed by atoms with Crippen molar-refractivity contribution in [1.82, 2.24) is 5.32 Å². The van der Waals surface area contributed by atoms with Gasteiger partial charge in [0.25, 0.3) is 0 Å². The van der Waals surface area contributed by atoms with Crippen LogP contribution in [-0.2, 0) is 11.3 Å². The number of ether oxygens (including phenoxy) is 2. The Morgan fingerprint density at radius 2 is 2.15 bits per heavy atom. The van der Waals surface area contributed by atoms with E-state index in [2.05, 4.69) is 21.2 Å². The van der Waals surface area contributed by atoms with Gasteiger partial charge in [0.15, 0.2) is 0 Å². The Hall–Kier alpha value is -0.620.